The average Bonchev–Trinajstić information content (AvgIpc) is 3.42. The van der Waals surface area contributed by atoms with Crippen molar-refractivity contribution in [2.24, 2.45) is 5.92 Å². The number of alkyl halides is 1. The van der Waals surface area contributed by atoms with Gasteiger partial charge in [-0.05, 0) is 30.7 Å². The van der Waals surface area contributed by atoms with Gasteiger partial charge < -0.3 is 15.6 Å². The Labute approximate surface area is 195 Å². The largest absolute Gasteiger partial charge is 0.355 e. The van der Waals surface area contributed by atoms with Crippen molar-refractivity contribution < 1.29 is 22.4 Å². The molecule has 1 saturated carbocycles. The van der Waals surface area contributed by atoms with E-state index in [0.29, 0.717) is 28.2 Å². The Balaban J connectivity index is 1.56. The summed E-state index contributed by atoms with van der Waals surface area (Å²) in [5, 5.41) is 5.91. The number of aromatic nitrogens is 2. The van der Waals surface area contributed by atoms with E-state index in [1.165, 1.54) is 6.20 Å². The fraction of sp³-hybridized carbons (Fsp3) is 0.261. The van der Waals surface area contributed by atoms with Crippen molar-refractivity contribution in [1.29, 1.82) is 0 Å². The van der Waals surface area contributed by atoms with E-state index in [9.17, 15) is 22.4 Å². The van der Waals surface area contributed by atoms with Crippen LogP contribution < -0.4 is 10.6 Å². The zero-order valence-corrected chi connectivity index (χ0v) is 19.0. The van der Waals surface area contributed by atoms with Crippen LogP contribution in [0.25, 0.3) is 11.3 Å². The minimum absolute atomic E-state index is 0.0254. The van der Waals surface area contributed by atoms with Gasteiger partial charge in [0.15, 0.2) is 5.78 Å². The normalized spacial score (nSPS) is 20.0. The molecule has 1 aliphatic heterocycles. The zero-order chi connectivity index (χ0) is 24.0. The Morgan fingerprint density at radius 3 is 2.62 bits per heavy atom. The van der Waals surface area contributed by atoms with Crippen molar-refractivity contribution in [2.45, 2.75) is 19.1 Å². The Bertz CT molecular complexity index is 1390. The van der Waals surface area contributed by atoms with E-state index in [-0.39, 0.29) is 31.1 Å². The third-order valence-electron chi connectivity index (χ3n) is 5.87. The summed E-state index contributed by atoms with van der Waals surface area (Å²) in [5.74, 6) is -1.16. The number of fused-ring (bicyclic) bond motifs is 1. The Hall–Kier alpha value is -3.57. The summed E-state index contributed by atoms with van der Waals surface area (Å²) in [7, 11) is -3.57. The molecule has 3 heterocycles. The lowest BCUT2D eigenvalue weighted by atomic mass is 10.0. The number of nitrogens with one attached hydrogen (secondary N) is 3. The van der Waals surface area contributed by atoms with Gasteiger partial charge in [0, 0.05) is 23.1 Å². The third-order valence-corrected chi connectivity index (χ3v) is 7.07. The van der Waals surface area contributed by atoms with Gasteiger partial charge in [-0.25, -0.2) is 17.8 Å². The molecule has 2 unspecified atom stereocenters. The highest BCUT2D eigenvalue weighted by molar-refractivity contribution is 7.88. The Morgan fingerprint density at radius 1 is 1.21 bits per heavy atom. The topological polar surface area (TPSA) is 124 Å². The van der Waals surface area contributed by atoms with Gasteiger partial charge in [0.05, 0.1) is 42.2 Å². The first kappa shape index (κ1) is 22.2. The summed E-state index contributed by atoms with van der Waals surface area (Å²) >= 11 is 0. The number of halogens is 1. The summed E-state index contributed by atoms with van der Waals surface area (Å²) in [6.07, 6.45) is 1.65. The Kier molecular flexibility index (Phi) is 5.45. The predicted molar refractivity (Wildman–Crippen MR) is 125 cm³/mol. The van der Waals surface area contributed by atoms with E-state index in [1.807, 2.05) is 30.3 Å². The highest BCUT2D eigenvalue weighted by Gasteiger charge is 2.43. The Morgan fingerprint density at radius 2 is 1.94 bits per heavy atom. The molecular formula is C23H22FN5O4S. The van der Waals surface area contributed by atoms with Crippen LogP contribution >= 0.6 is 0 Å². The molecule has 2 atom stereocenters. The maximum atomic E-state index is 13.2. The number of hydrogen-bond acceptors (Lipinski definition) is 6. The minimum atomic E-state index is -3.57. The van der Waals surface area contributed by atoms with E-state index in [1.54, 1.807) is 12.1 Å². The quantitative estimate of drug-likeness (QED) is 0.495. The number of carbonyl (C=O) groups is 2. The third kappa shape index (κ3) is 4.31. The zero-order valence-electron chi connectivity index (χ0n) is 18.2. The molecule has 2 aromatic heterocycles. The fourth-order valence-corrected chi connectivity index (χ4v) is 4.72. The molecule has 0 radical (unpaired) electrons. The second kappa shape index (κ2) is 8.33. The first-order valence-corrected chi connectivity index (χ1v) is 12.5. The van der Waals surface area contributed by atoms with E-state index in [2.05, 4.69) is 20.6 Å². The lowest BCUT2D eigenvalue weighted by Gasteiger charge is -2.24. The molecule has 2 aliphatic rings. The van der Waals surface area contributed by atoms with Gasteiger partial charge in [0.25, 0.3) is 0 Å². The van der Waals surface area contributed by atoms with Crippen LogP contribution in [0, 0.1) is 5.92 Å². The number of Topliss-reactive ketones (excluding diaryl/α,β-unsaturated/α-hetero) is 1. The van der Waals surface area contributed by atoms with Crippen LogP contribution in [0.15, 0.2) is 48.7 Å². The molecule has 5 rings (SSSR count). The summed E-state index contributed by atoms with van der Waals surface area (Å²) in [6, 6.07) is 12.6. The van der Waals surface area contributed by atoms with Gasteiger partial charge in [-0.15, -0.1) is 0 Å². The number of benzene rings is 1. The average molecular weight is 484 g/mol. The number of nitrogens with zero attached hydrogens (tertiary/aromatic N) is 2. The number of para-hydroxylation sites is 1. The van der Waals surface area contributed by atoms with Gasteiger partial charge in [-0.2, -0.15) is 4.31 Å². The molecule has 1 fully saturated rings. The lowest BCUT2D eigenvalue weighted by Crippen LogP contribution is -2.38. The molecule has 3 N–H and O–H groups in total. The summed E-state index contributed by atoms with van der Waals surface area (Å²) in [5.41, 5.74) is 3.27. The van der Waals surface area contributed by atoms with Crippen LogP contribution in [0.4, 0.5) is 21.6 Å². The van der Waals surface area contributed by atoms with Gasteiger partial charge in [-0.3, -0.25) is 9.59 Å². The van der Waals surface area contributed by atoms with Crippen molar-refractivity contribution in [3.63, 3.8) is 0 Å². The van der Waals surface area contributed by atoms with E-state index in [0.717, 1.165) is 16.2 Å². The van der Waals surface area contributed by atoms with Crippen molar-refractivity contribution in [1.82, 2.24) is 14.3 Å². The second-order valence-corrected chi connectivity index (χ2v) is 10.4. The number of rotatable bonds is 6. The minimum Gasteiger partial charge on any atom is -0.355 e. The molecule has 11 heteroatoms. The smallest absolute Gasteiger partial charge is 0.231 e. The van der Waals surface area contributed by atoms with Crippen LogP contribution in [-0.2, 0) is 21.4 Å². The van der Waals surface area contributed by atoms with E-state index >= 15 is 0 Å². The van der Waals surface area contributed by atoms with Gasteiger partial charge in [0.1, 0.15) is 12.0 Å². The predicted octanol–water partition coefficient (Wildman–Crippen LogP) is 3.07. The molecule has 1 aromatic carbocycles. The number of pyridine rings is 1. The van der Waals surface area contributed by atoms with Crippen LogP contribution in [0.5, 0.6) is 0 Å². The van der Waals surface area contributed by atoms with Crippen molar-refractivity contribution in [3.8, 4) is 11.3 Å². The highest BCUT2D eigenvalue weighted by atomic mass is 32.2. The van der Waals surface area contributed by atoms with E-state index < -0.39 is 28.0 Å². The van der Waals surface area contributed by atoms with Crippen molar-refractivity contribution >= 4 is 38.9 Å². The van der Waals surface area contributed by atoms with Gasteiger partial charge in [-0.1, -0.05) is 18.2 Å². The molecule has 0 saturated heterocycles. The highest BCUT2D eigenvalue weighted by Crippen LogP contribution is 2.39. The summed E-state index contributed by atoms with van der Waals surface area (Å²) in [4.78, 5) is 32.6. The molecule has 3 aromatic rings. The molecule has 0 bridgehead atoms. The maximum Gasteiger partial charge on any atom is 0.231 e. The van der Waals surface area contributed by atoms with Gasteiger partial charge >= 0.3 is 0 Å². The van der Waals surface area contributed by atoms with Crippen molar-refractivity contribution in [3.05, 3.63) is 59.9 Å². The number of anilines is 3. The molecule has 1 amide bonds. The van der Waals surface area contributed by atoms with Crippen molar-refractivity contribution in [2.75, 3.05) is 23.4 Å². The lowest BCUT2D eigenvalue weighted by molar-refractivity contribution is -0.117. The summed E-state index contributed by atoms with van der Waals surface area (Å²) < 4.78 is 38.5. The second-order valence-electron chi connectivity index (χ2n) is 8.45. The number of aromatic amines is 1. The van der Waals surface area contributed by atoms with Crippen LogP contribution in [0.2, 0.25) is 0 Å². The van der Waals surface area contributed by atoms with Crippen LogP contribution in [-0.4, -0.2) is 53.4 Å². The standard InChI is InChI=1S/C23H22FN5O4S/c1-34(32,33)29-11-17-20(18(30)12-29)22(26-14-5-3-2-4-6-14)21(27-17)13-7-8-25-19(9-13)28-23(31)15-10-16(15)24/h2-9,15-16,26-27H,10-12H2,1H3,(H,25,28,31). The number of sulfonamides is 1. The first-order valence-electron chi connectivity index (χ1n) is 10.7. The monoisotopic (exact) mass is 483 g/mol. The van der Waals surface area contributed by atoms with E-state index in [4.69, 9.17) is 0 Å². The number of amides is 1. The van der Waals surface area contributed by atoms with Crippen LogP contribution in [0.3, 0.4) is 0 Å². The number of hydrogen-bond donors (Lipinski definition) is 3. The van der Waals surface area contributed by atoms with Gasteiger partial charge in [0.2, 0.25) is 15.9 Å². The number of carbonyl (C=O) groups excluding carboxylic acids is 2. The fourth-order valence-electron chi connectivity index (χ4n) is 4.00. The van der Waals surface area contributed by atoms with Crippen LogP contribution in [0.1, 0.15) is 22.5 Å². The molecule has 176 valence electrons. The SMILES string of the molecule is CS(=O)(=O)N1CC(=O)c2c([nH]c(-c3ccnc(NC(=O)C4CC4F)c3)c2Nc2ccccc2)C1. The number of H-pyrrole nitrogens is 1. The molecule has 1 aliphatic carbocycles. The molecule has 0 spiro atoms. The molecule has 9 nitrogen and oxygen atoms in total. The molecular weight excluding hydrogens is 461 g/mol. The molecule has 34 heavy (non-hydrogen) atoms. The summed E-state index contributed by atoms with van der Waals surface area (Å²) in [6.45, 7) is -0.229. The maximum absolute atomic E-state index is 13.2. The first-order chi connectivity index (χ1) is 16.2. The number of ketones is 1.